The molecule has 0 bridgehead atoms. The van der Waals surface area contributed by atoms with E-state index >= 15 is 0 Å². The molecule has 0 spiro atoms. The number of carbonyl (C=O) groups is 2. The van der Waals surface area contributed by atoms with Gasteiger partial charge in [0.05, 0.1) is 6.54 Å². The summed E-state index contributed by atoms with van der Waals surface area (Å²) in [5.74, 6) is -0.735. The Morgan fingerprint density at radius 1 is 1.20 bits per heavy atom. The van der Waals surface area contributed by atoms with Crippen LogP contribution in [0, 0.1) is 12.7 Å². The normalized spacial score (nSPS) is 10.4. The van der Waals surface area contributed by atoms with Gasteiger partial charge >= 0.3 is 0 Å². The van der Waals surface area contributed by atoms with Crippen LogP contribution in [0.25, 0.3) is 0 Å². The van der Waals surface area contributed by atoms with Gasteiger partial charge in [0.2, 0.25) is 11.8 Å². The SMILES string of the molecule is Cc1cc(Br)ccc1NC(=O)CN(C)C(=O)CCc1cccc(F)c1. The number of halogens is 2. The molecule has 6 heteroatoms. The molecule has 1 N–H and O–H groups in total. The maximum Gasteiger partial charge on any atom is 0.243 e. The van der Waals surface area contributed by atoms with Gasteiger partial charge in [-0.1, -0.05) is 28.1 Å². The Morgan fingerprint density at radius 3 is 2.64 bits per heavy atom. The van der Waals surface area contributed by atoms with Gasteiger partial charge in [-0.3, -0.25) is 9.59 Å². The van der Waals surface area contributed by atoms with Gasteiger partial charge in [0, 0.05) is 23.6 Å². The first-order valence-electron chi connectivity index (χ1n) is 7.89. The summed E-state index contributed by atoms with van der Waals surface area (Å²) in [6, 6.07) is 11.7. The first-order chi connectivity index (χ1) is 11.8. The third kappa shape index (κ3) is 5.98. The summed E-state index contributed by atoms with van der Waals surface area (Å²) >= 11 is 3.37. The average molecular weight is 407 g/mol. The minimum atomic E-state index is -0.317. The van der Waals surface area contributed by atoms with E-state index < -0.39 is 0 Å². The number of aryl methyl sites for hydroxylation is 2. The average Bonchev–Trinajstić information content (AvgIpc) is 2.55. The lowest BCUT2D eigenvalue weighted by atomic mass is 10.1. The Morgan fingerprint density at radius 2 is 1.96 bits per heavy atom. The number of nitrogens with zero attached hydrogens (tertiary/aromatic N) is 1. The zero-order valence-corrected chi connectivity index (χ0v) is 15.8. The maximum atomic E-state index is 13.1. The lowest BCUT2D eigenvalue weighted by molar-refractivity contribution is -0.133. The summed E-state index contributed by atoms with van der Waals surface area (Å²) in [6.45, 7) is 1.87. The minimum Gasteiger partial charge on any atom is -0.336 e. The summed E-state index contributed by atoms with van der Waals surface area (Å²) in [5.41, 5.74) is 2.41. The van der Waals surface area contributed by atoms with Crippen LogP contribution >= 0.6 is 15.9 Å². The summed E-state index contributed by atoms with van der Waals surface area (Å²) in [6.07, 6.45) is 0.666. The Bertz CT molecular complexity index is 780. The van der Waals surface area contributed by atoms with Gasteiger partial charge in [-0.2, -0.15) is 0 Å². The van der Waals surface area contributed by atoms with Gasteiger partial charge in [0.15, 0.2) is 0 Å². The van der Waals surface area contributed by atoms with Crippen molar-refractivity contribution in [1.82, 2.24) is 4.90 Å². The standard InChI is InChI=1S/C19H20BrFN2O2/c1-13-10-15(20)7-8-17(13)22-18(24)12-23(2)19(25)9-6-14-4-3-5-16(21)11-14/h3-5,7-8,10-11H,6,9,12H2,1-2H3,(H,22,24). The van der Waals surface area contributed by atoms with E-state index in [0.29, 0.717) is 12.1 Å². The van der Waals surface area contributed by atoms with E-state index in [1.54, 1.807) is 19.2 Å². The third-order valence-electron chi connectivity index (χ3n) is 3.79. The molecule has 2 aromatic carbocycles. The highest BCUT2D eigenvalue weighted by Gasteiger charge is 2.14. The first kappa shape index (κ1) is 19.1. The van der Waals surface area contributed by atoms with E-state index in [4.69, 9.17) is 0 Å². The van der Waals surface area contributed by atoms with Crippen LogP contribution in [0.2, 0.25) is 0 Å². The number of nitrogens with one attached hydrogen (secondary N) is 1. The number of anilines is 1. The van der Waals surface area contributed by atoms with Gasteiger partial charge in [0.25, 0.3) is 0 Å². The topological polar surface area (TPSA) is 49.4 Å². The molecule has 0 fully saturated rings. The maximum absolute atomic E-state index is 13.1. The summed E-state index contributed by atoms with van der Waals surface area (Å²) in [5, 5.41) is 2.80. The largest absolute Gasteiger partial charge is 0.336 e. The Labute approximate surface area is 155 Å². The number of likely N-dealkylation sites (N-methyl/N-ethyl adjacent to an activating group) is 1. The van der Waals surface area contributed by atoms with Gasteiger partial charge in [-0.15, -0.1) is 0 Å². The molecule has 0 aromatic heterocycles. The second-order valence-corrected chi connectivity index (χ2v) is 6.80. The highest BCUT2D eigenvalue weighted by molar-refractivity contribution is 9.10. The predicted octanol–water partition coefficient (Wildman–Crippen LogP) is 3.93. The summed E-state index contributed by atoms with van der Waals surface area (Å²) in [4.78, 5) is 25.6. The highest BCUT2D eigenvalue weighted by atomic mass is 79.9. The Hall–Kier alpha value is -2.21. The lowest BCUT2D eigenvalue weighted by Crippen LogP contribution is -2.35. The second-order valence-electron chi connectivity index (χ2n) is 5.89. The number of hydrogen-bond donors (Lipinski definition) is 1. The highest BCUT2D eigenvalue weighted by Crippen LogP contribution is 2.20. The molecule has 0 saturated carbocycles. The number of hydrogen-bond acceptors (Lipinski definition) is 2. The monoisotopic (exact) mass is 406 g/mol. The van der Waals surface area contributed by atoms with Crippen molar-refractivity contribution in [1.29, 1.82) is 0 Å². The quantitative estimate of drug-likeness (QED) is 0.789. The van der Waals surface area contributed by atoms with E-state index in [0.717, 1.165) is 15.6 Å². The van der Waals surface area contributed by atoms with Crippen LogP contribution in [0.3, 0.4) is 0 Å². The molecule has 0 heterocycles. The summed E-state index contributed by atoms with van der Waals surface area (Å²) < 4.78 is 14.1. The fourth-order valence-electron chi connectivity index (χ4n) is 2.40. The predicted molar refractivity (Wildman–Crippen MR) is 99.9 cm³/mol. The first-order valence-corrected chi connectivity index (χ1v) is 8.69. The van der Waals surface area contributed by atoms with Crippen molar-refractivity contribution in [2.75, 3.05) is 18.9 Å². The minimum absolute atomic E-state index is 0.0303. The van der Waals surface area contributed by atoms with E-state index in [2.05, 4.69) is 21.2 Å². The summed E-state index contributed by atoms with van der Waals surface area (Å²) in [7, 11) is 1.59. The van der Waals surface area contributed by atoms with Gasteiger partial charge in [-0.05, 0) is 54.8 Å². The third-order valence-corrected chi connectivity index (χ3v) is 4.28. The van der Waals surface area contributed by atoms with Crippen LogP contribution in [0.4, 0.5) is 10.1 Å². The van der Waals surface area contributed by atoms with Crippen LogP contribution < -0.4 is 5.32 Å². The van der Waals surface area contributed by atoms with E-state index in [1.165, 1.54) is 17.0 Å². The van der Waals surface area contributed by atoms with Crippen molar-refractivity contribution in [3.8, 4) is 0 Å². The van der Waals surface area contributed by atoms with Crippen LogP contribution in [0.5, 0.6) is 0 Å². The van der Waals surface area contributed by atoms with Gasteiger partial charge in [-0.25, -0.2) is 4.39 Å². The van der Waals surface area contributed by atoms with Crippen molar-refractivity contribution in [2.24, 2.45) is 0 Å². The van der Waals surface area contributed by atoms with E-state index in [-0.39, 0.29) is 30.6 Å². The smallest absolute Gasteiger partial charge is 0.243 e. The fraction of sp³-hybridized carbons (Fsp3) is 0.263. The molecule has 2 aromatic rings. The molecule has 4 nitrogen and oxygen atoms in total. The molecule has 0 aliphatic rings. The zero-order valence-electron chi connectivity index (χ0n) is 14.2. The number of amides is 2. The van der Waals surface area contributed by atoms with Crippen molar-refractivity contribution in [3.63, 3.8) is 0 Å². The zero-order chi connectivity index (χ0) is 18.4. The molecule has 132 valence electrons. The van der Waals surface area contributed by atoms with Crippen LogP contribution in [-0.4, -0.2) is 30.3 Å². The van der Waals surface area contributed by atoms with Crippen molar-refractivity contribution < 1.29 is 14.0 Å². The molecule has 0 radical (unpaired) electrons. The molecule has 0 aliphatic heterocycles. The molecule has 2 rings (SSSR count). The number of carbonyl (C=O) groups excluding carboxylic acids is 2. The van der Waals surface area contributed by atoms with Crippen molar-refractivity contribution >= 4 is 33.4 Å². The molecule has 2 amide bonds. The molecule has 0 atom stereocenters. The molecule has 0 aliphatic carbocycles. The molecule has 0 saturated heterocycles. The molecule has 25 heavy (non-hydrogen) atoms. The number of rotatable bonds is 6. The fourth-order valence-corrected chi connectivity index (χ4v) is 2.87. The second kappa shape index (κ2) is 8.76. The van der Waals surface area contributed by atoms with Gasteiger partial charge in [0.1, 0.15) is 5.82 Å². The van der Waals surface area contributed by atoms with E-state index in [9.17, 15) is 14.0 Å². The van der Waals surface area contributed by atoms with Crippen LogP contribution in [0.1, 0.15) is 17.5 Å². The van der Waals surface area contributed by atoms with E-state index in [1.807, 2.05) is 25.1 Å². The lowest BCUT2D eigenvalue weighted by Gasteiger charge is -2.17. The van der Waals surface area contributed by atoms with Crippen LogP contribution in [0.15, 0.2) is 46.9 Å². The van der Waals surface area contributed by atoms with Crippen molar-refractivity contribution in [2.45, 2.75) is 19.8 Å². The Balaban J connectivity index is 1.84. The molecular weight excluding hydrogens is 387 g/mol. The Kier molecular flexibility index (Phi) is 6.70. The van der Waals surface area contributed by atoms with Gasteiger partial charge < -0.3 is 10.2 Å². The molecular formula is C19H20BrFN2O2. The number of benzene rings is 2. The molecule has 0 unspecified atom stereocenters. The van der Waals surface area contributed by atoms with Crippen molar-refractivity contribution in [3.05, 3.63) is 63.9 Å². The van der Waals surface area contributed by atoms with Crippen LogP contribution in [-0.2, 0) is 16.0 Å².